The normalized spacial score (nSPS) is 23.2. The SMILES string of the molecule is O=C1CCCC2=C1C(c1ccc(Cl)cc1)NC(c1ccc(Cl)cc1)O2. The third-order valence-electron chi connectivity index (χ3n) is 4.65. The van der Waals surface area contributed by atoms with Gasteiger partial charge in [0.05, 0.1) is 11.6 Å². The van der Waals surface area contributed by atoms with E-state index < -0.39 is 0 Å². The van der Waals surface area contributed by atoms with Crippen LogP contribution >= 0.6 is 23.2 Å². The van der Waals surface area contributed by atoms with Crippen LogP contribution in [-0.4, -0.2) is 5.78 Å². The highest BCUT2D eigenvalue weighted by Crippen LogP contribution is 2.40. The number of carbonyl (C=O) groups excluding carboxylic acids is 1. The lowest BCUT2D eigenvalue weighted by atomic mass is 9.86. The van der Waals surface area contributed by atoms with Gasteiger partial charge in [-0.3, -0.25) is 10.1 Å². The zero-order valence-corrected chi connectivity index (χ0v) is 15.0. The summed E-state index contributed by atoms with van der Waals surface area (Å²) in [4.78, 5) is 12.5. The number of ketones is 1. The number of hydrogen-bond donors (Lipinski definition) is 1. The fourth-order valence-electron chi connectivity index (χ4n) is 3.41. The van der Waals surface area contributed by atoms with Crippen molar-refractivity contribution in [3.63, 3.8) is 0 Å². The maximum atomic E-state index is 12.5. The van der Waals surface area contributed by atoms with Gasteiger partial charge in [-0.25, -0.2) is 0 Å². The summed E-state index contributed by atoms with van der Waals surface area (Å²) < 4.78 is 6.14. The average Bonchev–Trinajstić information content (AvgIpc) is 2.62. The van der Waals surface area contributed by atoms with E-state index in [0.717, 1.165) is 35.3 Å². The highest BCUT2D eigenvalue weighted by Gasteiger charge is 2.36. The van der Waals surface area contributed by atoms with E-state index in [4.69, 9.17) is 27.9 Å². The first kappa shape index (κ1) is 16.6. The molecule has 1 aliphatic carbocycles. The van der Waals surface area contributed by atoms with Gasteiger partial charge in [-0.05, 0) is 36.2 Å². The molecule has 0 fully saturated rings. The summed E-state index contributed by atoms with van der Waals surface area (Å²) in [5, 5.41) is 4.82. The number of ether oxygens (including phenoxy) is 1. The Bertz CT molecular complexity index is 828. The van der Waals surface area contributed by atoms with Crippen LogP contribution in [0, 0.1) is 0 Å². The van der Waals surface area contributed by atoms with E-state index >= 15 is 0 Å². The quantitative estimate of drug-likeness (QED) is 0.769. The summed E-state index contributed by atoms with van der Waals surface area (Å²) in [6.45, 7) is 0. The molecule has 2 aromatic rings. The van der Waals surface area contributed by atoms with Gasteiger partial charge in [-0.1, -0.05) is 47.5 Å². The van der Waals surface area contributed by atoms with Gasteiger partial charge in [0, 0.05) is 28.5 Å². The molecule has 3 nitrogen and oxygen atoms in total. The van der Waals surface area contributed by atoms with Gasteiger partial charge >= 0.3 is 0 Å². The Labute approximate surface area is 156 Å². The third kappa shape index (κ3) is 3.32. The number of allylic oxidation sites excluding steroid dienone is 1. The molecule has 0 bridgehead atoms. The van der Waals surface area contributed by atoms with Crippen LogP contribution in [0.5, 0.6) is 0 Å². The van der Waals surface area contributed by atoms with E-state index in [1.54, 1.807) is 0 Å². The summed E-state index contributed by atoms with van der Waals surface area (Å²) in [5.74, 6) is 0.957. The van der Waals surface area contributed by atoms with Gasteiger partial charge < -0.3 is 4.74 Å². The van der Waals surface area contributed by atoms with E-state index in [9.17, 15) is 4.79 Å². The second kappa shape index (κ2) is 6.83. The predicted molar refractivity (Wildman–Crippen MR) is 98.5 cm³/mol. The molecular weight excluding hydrogens is 357 g/mol. The molecule has 2 unspecified atom stereocenters. The first-order valence-corrected chi connectivity index (χ1v) is 9.07. The minimum atomic E-state index is -0.317. The highest BCUT2D eigenvalue weighted by molar-refractivity contribution is 6.30. The minimum absolute atomic E-state index is 0.156. The number of nitrogens with one attached hydrogen (secondary N) is 1. The zero-order chi connectivity index (χ0) is 17.4. The van der Waals surface area contributed by atoms with Crippen molar-refractivity contribution in [1.29, 1.82) is 0 Å². The van der Waals surface area contributed by atoms with Gasteiger partial charge in [0.25, 0.3) is 0 Å². The van der Waals surface area contributed by atoms with Crippen LogP contribution in [0.2, 0.25) is 10.0 Å². The monoisotopic (exact) mass is 373 g/mol. The van der Waals surface area contributed by atoms with Crippen molar-refractivity contribution < 1.29 is 9.53 Å². The molecule has 128 valence electrons. The molecule has 0 amide bonds. The number of rotatable bonds is 2. The maximum absolute atomic E-state index is 12.5. The molecule has 0 radical (unpaired) electrons. The summed E-state index contributed by atoms with van der Waals surface area (Å²) in [7, 11) is 0. The molecule has 5 heteroatoms. The molecule has 2 aromatic carbocycles. The molecule has 1 N–H and O–H groups in total. The molecule has 0 saturated carbocycles. The number of hydrogen-bond acceptors (Lipinski definition) is 3. The Morgan fingerprint density at radius 1 is 0.880 bits per heavy atom. The molecule has 4 rings (SSSR count). The summed E-state index contributed by atoms with van der Waals surface area (Å²) >= 11 is 12.0. The van der Waals surface area contributed by atoms with Crippen LogP contribution < -0.4 is 5.32 Å². The van der Waals surface area contributed by atoms with Crippen molar-refractivity contribution in [3.05, 3.63) is 81.0 Å². The Kier molecular flexibility index (Phi) is 4.55. The van der Waals surface area contributed by atoms with E-state index in [1.165, 1.54) is 0 Å². The Hall–Kier alpha value is -1.81. The largest absolute Gasteiger partial charge is 0.475 e. The van der Waals surface area contributed by atoms with E-state index in [1.807, 2.05) is 48.5 Å². The maximum Gasteiger partial charge on any atom is 0.176 e. The first-order valence-electron chi connectivity index (χ1n) is 8.32. The number of benzene rings is 2. The summed E-state index contributed by atoms with van der Waals surface area (Å²) in [5.41, 5.74) is 2.74. The Balaban J connectivity index is 1.75. The van der Waals surface area contributed by atoms with E-state index in [-0.39, 0.29) is 18.1 Å². The van der Waals surface area contributed by atoms with Gasteiger partial charge in [0.1, 0.15) is 5.76 Å². The molecule has 0 saturated heterocycles. The number of carbonyl (C=O) groups is 1. The first-order chi connectivity index (χ1) is 12.1. The number of Topliss-reactive ketones (excluding diaryl/α,β-unsaturated/α-hetero) is 1. The van der Waals surface area contributed by atoms with Crippen LogP contribution in [0.4, 0.5) is 0 Å². The van der Waals surface area contributed by atoms with Gasteiger partial charge in [0.15, 0.2) is 12.0 Å². The van der Waals surface area contributed by atoms with E-state index in [2.05, 4.69) is 5.32 Å². The standard InChI is InChI=1S/C20H17Cl2NO2/c21-14-8-4-12(5-9-14)19-18-16(24)2-1-3-17(18)25-20(23-19)13-6-10-15(22)11-7-13/h4-11,19-20,23H,1-3H2. The second-order valence-corrected chi connectivity index (χ2v) is 7.19. The summed E-state index contributed by atoms with van der Waals surface area (Å²) in [6, 6.07) is 15.0. The van der Waals surface area contributed by atoms with Crippen molar-refractivity contribution in [2.24, 2.45) is 0 Å². The fraction of sp³-hybridized carbons (Fsp3) is 0.250. The topological polar surface area (TPSA) is 38.3 Å². The third-order valence-corrected chi connectivity index (χ3v) is 5.16. The molecule has 0 spiro atoms. The lowest BCUT2D eigenvalue weighted by molar-refractivity contribution is -0.118. The molecular formula is C20H17Cl2NO2. The van der Waals surface area contributed by atoms with Gasteiger partial charge in [-0.15, -0.1) is 0 Å². The molecule has 1 heterocycles. The number of halogens is 2. The molecule has 2 aliphatic rings. The van der Waals surface area contributed by atoms with Gasteiger partial charge in [-0.2, -0.15) is 0 Å². The van der Waals surface area contributed by atoms with Crippen LogP contribution in [0.3, 0.4) is 0 Å². The van der Waals surface area contributed by atoms with Crippen LogP contribution in [-0.2, 0) is 9.53 Å². The zero-order valence-electron chi connectivity index (χ0n) is 13.5. The van der Waals surface area contributed by atoms with E-state index in [0.29, 0.717) is 16.5 Å². The van der Waals surface area contributed by atoms with Crippen LogP contribution in [0.25, 0.3) is 0 Å². The minimum Gasteiger partial charge on any atom is -0.475 e. The van der Waals surface area contributed by atoms with Crippen LogP contribution in [0.1, 0.15) is 42.7 Å². The van der Waals surface area contributed by atoms with Crippen molar-refractivity contribution in [2.45, 2.75) is 31.5 Å². The second-order valence-electron chi connectivity index (χ2n) is 6.31. The van der Waals surface area contributed by atoms with Crippen LogP contribution in [0.15, 0.2) is 59.9 Å². The van der Waals surface area contributed by atoms with Crippen molar-refractivity contribution in [2.75, 3.05) is 0 Å². The Morgan fingerprint density at radius 3 is 2.12 bits per heavy atom. The van der Waals surface area contributed by atoms with Crippen molar-refractivity contribution in [1.82, 2.24) is 5.32 Å². The van der Waals surface area contributed by atoms with Crippen molar-refractivity contribution in [3.8, 4) is 0 Å². The molecule has 2 atom stereocenters. The molecule has 1 aliphatic heterocycles. The molecule has 0 aromatic heterocycles. The fourth-order valence-corrected chi connectivity index (χ4v) is 3.66. The lowest BCUT2D eigenvalue weighted by Gasteiger charge is -2.37. The van der Waals surface area contributed by atoms with Gasteiger partial charge in [0.2, 0.25) is 0 Å². The molecule has 25 heavy (non-hydrogen) atoms. The smallest absolute Gasteiger partial charge is 0.176 e. The Morgan fingerprint density at radius 2 is 1.48 bits per heavy atom. The summed E-state index contributed by atoms with van der Waals surface area (Å²) in [6.07, 6.45) is 1.87. The van der Waals surface area contributed by atoms with Crippen molar-refractivity contribution >= 4 is 29.0 Å². The lowest BCUT2D eigenvalue weighted by Crippen LogP contribution is -2.38. The predicted octanol–water partition coefficient (Wildman–Crippen LogP) is 5.36. The highest BCUT2D eigenvalue weighted by atomic mass is 35.5. The average molecular weight is 374 g/mol.